The third-order valence-corrected chi connectivity index (χ3v) is 10.1. The van der Waals surface area contributed by atoms with Gasteiger partial charge in [0.15, 0.2) is 0 Å². The molecule has 0 fully saturated rings. The van der Waals surface area contributed by atoms with Crippen LogP contribution in [0.4, 0.5) is 18.9 Å². The molecule has 2 aliphatic heterocycles. The van der Waals surface area contributed by atoms with Crippen LogP contribution in [0.5, 0.6) is 0 Å². The van der Waals surface area contributed by atoms with Gasteiger partial charge in [-0.15, -0.1) is 0 Å². The molecule has 55 heavy (non-hydrogen) atoms. The molecule has 5 heterocycles. The first-order chi connectivity index (χ1) is 26.8. The first-order valence-corrected chi connectivity index (χ1v) is 17.8. The van der Waals surface area contributed by atoms with Gasteiger partial charge in [-0.05, 0) is 64.7 Å². The summed E-state index contributed by atoms with van der Waals surface area (Å²) in [7, 11) is 0. The van der Waals surface area contributed by atoms with Crippen LogP contribution in [-0.2, 0) is 16.6 Å². The van der Waals surface area contributed by atoms with Gasteiger partial charge in [0.2, 0.25) is 0 Å². The monoisotopic (exact) mass is 727 g/mol. The number of nitrogens with one attached hydrogen (secondary N) is 3. The smallest absolute Gasteiger partial charge is 0.355 e. The molecule has 0 saturated carbocycles. The highest BCUT2D eigenvalue weighted by molar-refractivity contribution is 6.11. The van der Waals surface area contributed by atoms with Gasteiger partial charge in [-0.1, -0.05) is 121 Å². The van der Waals surface area contributed by atoms with Gasteiger partial charge in [0.1, 0.15) is 0 Å². The average molecular weight is 728 g/mol. The summed E-state index contributed by atoms with van der Waals surface area (Å²) < 4.78 is 42.4. The number of carbonyl (C=O) groups excluding carboxylic acids is 1. The van der Waals surface area contributed by atoms with Gasteiger partial charge in [-0.25, -0.2) is 4.98 Å². The lowest BCUT2D eigenvalue weighted by Gasteiger charge is -2.32. The van der Waals surface area contributed by atoms with E-state index in [-0.39, 0.29) is 11.2 Å². The number of nitrogens with zero attached hydrogens (tertiary/aromatic N) is 2. The molecule has 2 aliphatic rings. The van der Waals surface area contributed by atoms with E-state index >= 15 is 0 Å². The fraction of sp³-hybridized carbons (Fsp3) is 0.0652. The third kappa shape index (κ3) is 6.19. The summed E-state index contributed by atoms with van der Waals surface area (Å²) in [4.78, 5) is 30.2. The SMILES string of the molecule is O=C(Nc1c(-c2ccccc2)c2[nH]c1cc1nc(cc3ccc(cc4nc(c2-c2ccccc2)C(c2ccccc2)(c2ccccc2)C4)[nH]3)C=C1)C(F)(F)F. The summed E-state index contributed by atoms with van der Waals surface area (Å²) in [5.41, 5.74) is 8.60. The molecular formula is C46H32F3N5O. The number of H-pyrrole nitrogens is 2. The fourth-order valence-corrected chi connectivity index (χ4v) is 7.74. The van der Waals surface area contributed by atoms with E-state index in [1.54, 1.807) is 12.1 Å². The zero-order valence-electron chi connectivity index (χ0n) is 29.2. The van der Waals surface area contributed by atoms with E-state index in [9.17, 15) is 18.0 Å². The van der Waals surface area contributed by atoms with Gasteiger partial charge in [-0.2, -0.15) is 13.2 Å². The quantitative estimate of drug-likeness (QED) is 0.165. The van der Waals surface area contributed by atoms with Crippen molar-refractivity contribution in [2.75, 3.05) is 5.32 Å². The van der Waals surface area contributed by atoms with Crippen molar-refractivity contribution in [1.29, 1.82) is 0 Å². The number of alkyl halides is 3. The maximum Gasteiger partial charge on any atom is 0.471 e. The lowest BCUT2D eigenvalue weighted by atomic mass is 9.68. The minimum Gasteiger partial charge on any atom is -0.355 e. The summed E-state index contributed by atoms with van der Waals surface area (Å²) in [5, 5.41) is 2.27. The Kier molecular flexibility index (Phi) is 8.27. The predicted molar refractivity (Wildman–Crippen MR) is 212 cm³/mol. The van der Waals surface area contributed by atoms with Gasteiger partial charge < -0.3 is 15.3 Å². The van der Waals surface area contributed by atoms with E-state index in [0.29, 0.717) is 45.7 Å². The van der Waals surface area contributed by atoms with Gasteiger partial charge in [0.25, 0.3) is 0 Å². The van der Waals surface area contributed by atoms with E-state index < -0.39 is 17.5 Å². The van der Waals surface area contributed by atoms with E-state index in [1.807, 2.05) is 127 Å². The topological polar surface area (TPSA) is 86.5 Å². The zero-order chi connectivity index (χ0) is 37.6. The van der Waals surface area contributed by atoms with E-state index in [4.69, 9.17) is 9.97 Å². The maximum absolute atomic E-state index is 14.1. The number of amides is 1. The second kappa shape index (κ2) is 13.4. The van der Waals surface area contributed by atoms with Crippen LogP contribution in [0, 0.1) is 0 Å². The Morgan fingerprint density at radius 1 is 0.618 bits per heavy atom. The van der Waals surface area contributed by atoms with Crippen molar-refractivity contribution in [2.45, 2.75) is 18.0 Å². The van der Waals surface area contributed by atoms with Crippen LogP contribution >= 0.6 is 0 Å². The van der Waals surface area contributed by atoms with Crippen molar-refractivity contribution in [3.63, 3.8) is 0 Å². The van der Waals surface area contributed by atoms with Crippen LogP contribution < -0.4 is 5.32 Å². The van der Waals surface area contributed by atoms with Crippen molar-refractivity contribution in [3.05, 3.63) is 186 Å². The second-order valence-electron chi connectivity index (χ2n) is 13.6. The first-order valence-electron chi connectivity index (χ1n) is 17.8. The Morgan fingerprint density at radius 3 is 1.73 bits per heavy atom. The summed E-state index contributed by atoms with van der Waals surface area (Å²) in [6.07, 6.45) is -1.04. The number of fused-ring (bicyclic) bond motifs is 8. The third-order valence-electron chi connectivity index (χ3n) is 10.1. The molecular weight excluding hydrogens is 696 g/mol. The van der Waals surface area contributed by atoms with Gasteiger partial charge in [-0.3, -0.25) is 9.78 Å². The lowest BCUT2D eigenvalue weighted by Crippen LogP contribution is -2.30. The van der Waals surface area contributed by atoms with Gasteiger partial charge in [0.05, 0.1) is 39.2 Å². The van der Waals surface area contributed by atoms with E-state index in [1.165, 1.54) is 0 Å². The number of benzene rings is 4. The molecule has 9 rings (SSSR count). The van der Waals surface area contributed by atoms with Crippen LogP contribution in [0.15, 0.2) is 152 Å². The number of rotatable bonds is 5. The molecule has 0 radical (unpaired) electrons. The van der Waals surface area contributed by atoms with Crippen LogP contribution in [0.2, 0.25) is 0 Å². The molecule has 3 aromatic heterocycles. The van der Waals surface area contributed by atoms with Crippen molar-refractivity contribution >= 4 is 45.8 Å². The Hall–Kier alpha value is -7.00. The molecule has 9 heteroatoms. The maximum atomic E-state index is 14.1. The Morgan fingerprint density at radius 2 is 1.15 bits per heavy atom. The predicted octanol–water partition coefficient (Wildman–Crippen LogP) is 10.9. The van der Waals surface area contributed by atoms with Crippen molar-refractivity contribution in [2.24, 2.45) is 0 Å². The number of aromatic amines is 2. The second-order valence-corrected chi connectivity index (χ2v) is 13.6. The Labute approximate surface area is 314 Å². The number of halogens is 3. The number of aromatic nitrogens is 4. The molecule has 0 atom stereocenters. The fourth-order valence-electron chi connectivity index (χ4n) is 7.74. The number of hydrogen-bond donors (Lipinski definition) is 3. The van der Waals surface area contributed by atoms with Crippen LogP contribution in [-0.4, -0.2) is 32.0 Å². The molecule has 1 amide bonds. The first kappa shape index (κ1) is 33.8. The van der Waals surface area contributed by atoms with E-state index in [0.717, 1.165) is 33.4 Å². The van der Waals surface area contributed by atoms with Crippen molar-refractivity contribution in [3.8, 4) is 22.3 Å². The minimum absolute atomic E-state index is 0.0252. The number of anilines is 1. The van der Waals surface area contributed by atoms with Crippen LogP contribution in [0.1, 0.15) is 33.9 Å². The minimum atomic E-state index is -5.15. The highest BCUT2D eigenvalue weighted by atomic mass is 19.4. The molecule has 8 bridgehead atoms. The summed E-state index contributed by atoms with van der Waals surface area (Å²) in [6, 6.07) is 48.8. The molecule has 0 saturated heterocycles. The number of hydrogen-bond acceptors (Lipinski definition) is 3. The molecule has 0 unspecified atom stereocenters. The molecule has 268 valence electrons. The van der Waals surface area contributed by atoms with E-state index in [2.05, 4.69) is 39.6 Å². The largest absolute Gasteiger partial charge is 0.471 e. The molecule has 7 aromatic rings. The average Bonchev–Trinajstić information content (AvgIpc) is 4.00. The summed E-state index contributed by atoms with van der Waals surface area (Å²) in [6.45, 7) is 0. The Balaban J connectivity index is 1.55. The standard InChI is InChI=1S/C46H32F3N5O/c47-46(48,49)44(55)54-41-38-27-36-24-23-34(51-36)25-33-21-22-35(50-33)26-37-28-45(31-17-9-3-10-18-31,32-19-11-4-12-20-32)43(52-37)40(30-15-7-2-8-16-30)42(53-38)39(41)29-13-5-1-6-14-29/h1-27,50,53H,28H2,(H,54,55). The van der Waals surface area contributed by atoms with Crippen LogP contribution in [0.25, 0.3) is 56.5 Å². The summed E-state index contributed by atoms with van der Waals surface area (Å²) in [5.74, 6) is -2.09. The number of carbonyl (C=O) groups is 1. The van der Waals surface area contributed by atoms with Crippen molar-refractivity contribution < 1.29 is 18.0 Å². The summed E-state index contributed by atoms with van der Waals surface area (Å²) >= 11 is 0. The molecule has 4 aromatic carbocycles. The normalized spacial score (nSPS) is 13.4. The lowest BCUT2D eigenvalue weighted by molar-refractivity contribution is -0.167. The Bertz CT molecular complexity index is 2720. The van der Waals surface area contributed by atoms with Crippen molar-refractivity contribution in [1.82, 2.24) is 19.9 Å². The molecule has 0 spiro atoms. The van der Waals surface area contributed by atoms with Gasteiger partial charge in [0, 0.05) is 34.3 Å². The molecule has 3 N–H and O–H groups in total. The van der Waals surface area contributed by atoms with Crippen LogP contribution in [0.3, 0.4) is 0 Å². The molecule has 6 nitrogen and oxygen atoms in total. The van der Waals surface area contributed by atoms with Gasteiger partial charge >= 0.3 is 12.1 Å². The highest BCUT2D eigenvalue weighted by Crippen LogP contribution is 2.50. The molecule has 0 aliphatic carbocycles. The zero-order valence-corrected chi connectivity index (χ0v) is 29.2. The highest BCUT2D eigenvalue weighted by Gasteiger charge is 2.44.